The molecule has 2 aromatic rings. The Morgan fingerprint density at radius 2 is 2.00 bits per heavy atom. The lowest BCUT2D eigenvalue weighted by molar-refractivity contribution is 0.0720. The molecule has 0 saturated heterocycles. The molecule has 0 aliphatic rings. The van der Waals surface area contributed by atoms with Gasteiger partial charge in [0.05, 0.1) is 18.0 Å². The molecule has 0 unspecified atom stereocenters. The fourth-order valence-corrected chi connectivity index (χ4v) is 2.05. The lowest BCUT2D eigenvalue weighted by Gasteiger charge is -2.07. The maximum Gasteiger partial charge on any atom is 0.255 e. The van der Waals surface area contributed by atoms with E-state index in [1.54, 1.807) is 24.3 Å². The van der Waals surface area contributed by atoms with Crippen molar-refractivity contribution in [3.8, 4) is 0 Å². The van der Waals surface area contributed by atoms with Gasteiger partial charge >= 0.3 is 0 Å². The second-order valence-electron chi connectivity index (χ2n) is 5.43. The summed E-state index contributed by atoms with van der Waals surface area (Å²) in [5, 5.41) is 9.22. The molecule has 1 aromatic heterocycles. The molecule has 6 heteroatoms. The highest BCUT2D eigenvalue weighted by molar-refractivity contribution is 6.08. The third-order valence-electron chi connectivity index (χ3n) is 3.20. The molecule has 0 radical (unpaired) electrons. The number of benzene rings is 1. The molecule has 0 aliphatic carbocycles. The Morgan fingerprint density at radius 3 is 2.70 bits per heavy atom. The first kappa shape index (κ1) is 16.9. The highest BCUT2D eigenvalue weighted by Gasteiger charge is 2.16. The van der Waals surface area contributed by atoms with E-state index in [-0.39, 0.29) is 17.8 Å². The summed E-state index contributed by atoms with van der Waals surface area (Å²) in [6.45, 7) is 4.44. The van der Waals surface area contributed by atoms with Gasteiger partial charge in [0.15, 0.2) is 5.78 Å². The normalized spacial score (nSPS) is 10.7. The largest absolute Gasteiger partial charge is 0.379 e. The van der Waals surface area contributed by atoms with Crippen molar-refractivity contribution in [2.75, 3.05) is 11.9 Å². The summed E-state index contributed by atoms with van der Waals surface area (Å²) in [4.78, 5) is 24.3. The van der Waals surface area contributed by atoms with Gasteiger partial charge in [-0.15, -0.1) is 0 Å². The van der Waals surface area contributed by atoms with Gasteiger partial charge in [-0.2, -0.15) is 5.10 Å². The first-order valence-corrected chi connectivity index (χ1v) is 7.62. The summed E-state index contributed by atoms with van der Waals surface area (Å²) in [5.74, 6) is -0.373. The molecular weight excluding hydrogens is 294 g/mol. The Kier molecular flexibility index (Phi) is 6.05. The minimum Gasteiger partial charge on any atom is -0.379 e. The number of H-pyrrole nitrogens is 1. The molecule has 0 bridgehead atoms. The van der Waals surface area contributed by atoms with E-state index in [9.17, 15) is 9.59 Å². The zero-order valence-corrected chi connectivity index (χ0v) is 13.3. The number of ketones is 1. The minimum atomic E-state index is -0.274. The summed E-state index contributed by atoms with van der Waals surface area (Å²) in [7, 11) is 0. The topological polar surface area (TPSA) is 84.1 Å². The standard InChI is InChI=1S/C17H21N3O3/c1-12(2)23-10-6-9-15(21)16-14(11-18-20-16)19-17(22)13-7-4-3-5-8-13/h3-5,7-8,11-12H,6,9-10H2,1-2H3,(H,18,20)(H,19,22). The number of aromatic amines is 1. The minimum absolute atomic E-state index is 0.0989. The van der Waals surface area contributed by atoms with Crippen LogP contribution >= 0.6 is 0 Å². The van der Waals surface area contributed by atoms with E-state index < -0.39 is 0 Å². The predicted molar refractivity (Wildman–Crippen MR) is 87.6 cm³/mol. The van der Waals surface area contributed by atoms with Gasteiger partial charge in [-0.05, 0) is 32.4 Å². The summed E-state index contributed by atoms with van der Waals surface area (Å²) in [5.41, 5.74) is 1.24. The van der Waals surface area contributed by atoms with Crippen molar-refractivity contribution in [1.29, 1.82) is 0 Å². The molecule has 1 amide bonds. The SMILES string of the molecule is CC(C)OCCCC(=O)c1[nH]ncc1NC(=O)c1ccccc1. The second-order valence-corrected chi connectivity index (χ2v) is 5.43. The van der Waals surface area contributed by atoms with Crippen LogP contribution < -0.4 is 5.32 Å². The van der Waals surface area contributed by atoms with Crippen LogP contribution in [-0.2, 0) is 4.74 Å². The van der Waals surface area contributed by atoms with Gasteiger partial charge in [0, 0.05) is 18.6 Å². The maximum atomic E-state index is 12.2. The lowest BCUT2D eigenvalue weighted by Crippen LogP contribution is -2.14. The second kappa shape index (κ2) is 8.24. The number of ether oxygens (including phenoxy) is 1. The van der Waals surface area contributed by atoms with Crippen LogP contribution in [0.1, 0.15) is 47.5 Å². The Morgan fingerprint density at radius 1 is 1.26 bits per heavy atom. The average Bonchev–Trinajstić information content (AvgIpc) is 3.00. The number of anilines is 1. The number of nitrogens with one attached hydrogen (secondary N) is 2. The van der Waals surface area contributed by atoms with Gasteiger partial charge in [0.25, 0.3) is 5.91 Å². The molecule has 1 aromatic carbocycles. The number of aromatic nitrogens is 2. The number of carbonyl (C=O) groups is 2. The molecule has 0 fully saturated rings. The van der Waals surface area contributed by atoms with E-state index in [0.29, 0.717) is 36.4 Å². The van der Waals surface area contributed by atoms with Crippen molar-refractivity contribution in [2.45, 2.75) is 32.8 Å². The molecule has 0 spiro atoms. The molecule has 6 nitrogen and oxygen atoms in total. The van der Waals surface area contributed by atoms with Gasteiger partial charge in [0.1, 0.15) is 5.69 Å². The van der Waals surface area contributed by atoms with Crippen LogP contribution in [0.3, 0.4) is 0 Å². The van der Waals surface area contributed by atoms with Crippen LogP contribution in [0.5, 0.6) is 0 Å². The predicted octanol–water partition coefficient (Wildman–Crippen LogP) is 3.05. The number of nitrogens with zero attached hydrogens (tertiary/aromatic N) is 1. The highest BCUT2D eigenvalue weighted by atomic mass is 16.5. The Labute approximate surface area is 135 Å². The Hall–Kier alpha value is -2.47. The summed E-state index contributed by atoms with van der Waals surface area (Å²) < 4.78 is 5.41. The molecule has 2 rings (SSSR count). The summed E-state index contributed by atoms with van der Waals surface area (Å²) in [6.07, 6.45) is 2.56. The lowest BCUT2D eigenvalue weighted by atomic mass is 10.1. The number of carbonyl (C=O) groups excluding carboxylic acids is 2. The van der Waals surface area contributed by atoms with Crippen molar-refractivity contribution in [1.82, 2.24) is 10.2 Å². The molecule has 2 N–H and O–H groups in total. The number of amides is 1. The van der Waals surface area contributed by atoms with Crippen LogP contribution in [0.2, 0.25) is 0 Å². The zero-order valence-electron chi connectivity index (χ0n) is 13.3. The van der Waals surface area contributed by atoms with Crippen molar-refractivity contribution in [2.24, 2.45) is 0 Å². The first-order valence-electron chi connectivity index (χ1n) is 7.62. The van der Waals surface area contributed by atoms with E-state index >= 15 is 0 Å². The average molecular weight is 315 g/mol. The smallest absolute Gasteiger partial charge is 0.255 e. The van der Waals surface area contributed by atoms with Gasteiger partial charge < -0.3 is 10.1 Å². The van der Waals surface area contributed by atoms with Crippen LogP contribution in [0.25, 0.3) is 0 Å². The van der Waals surface area contributed by atoms with E-state index in [2.05, 4.69) is 15.5 Å². The molecule has 0 atom stereocenters. The Balaban J connectivity index is 1.94. The van der Waals surface area contributed by atoms with E-state index in [1.165, 1.54) is 6.20 Å². The zero-order chi connectivity index (χ0) is 16.7. The third-order valence-corrected chi connectivity index (χ3v) is 3.20. The van der Waals surface area contributed by atoms with E-state index in [1.807, 2.05) is 19.9 Å². The van der Waals surface area contributed by atoms with Crippen molar-refractivity contribution in [3.05, 3.63) is 47.8 Å². The maximum absolute atomic E-state index is 12.2. The number of rotatable bonds is 8. The number of Topliss-reactive ketones (excluding diaryl/α,β-unsaturated/α-hetero) is 1. The fourth-order valence-electron chi connectivity index (χ4n) is 2.05. The monoisotopic (exact) mass is 315 g/mol. The van der Waals surface area contributed by atoms with Gasteiger partial charge in [-0.1, -0.05) is 18.2 Å². The van der Waals surface area contributed by atoms with Gasteiger partial charge in [0.2, 0.25) is 0 Å². The van der Waals surface area contributed by atoms with Gasteiger partial charge in [-0.3, -0.25) is 14.7 Å². The Bertz CT molecular complexity index is 650. The third kappa shape index (κ3) is 5.03. The molecule has 23 heavy (non-hydrogen) atoms. The molecule has 0 saturated carbocycles. The van der Waals surface area contributed by atoms with Crippen LogP contribution in [0.4, 0.5) is 5.69 Å². The number of hydrogen-bond acceptors (Lipinski definition) is 4. The molecule has 1 heterocycles. The van der Waals surface area contributed by atoms with E-state index in [4.69, 9.17) is 4.74 Å². The van der Waals surface area contributed by atoms with Crippen molar-refractivity contribution in [3.63, 3.8) is 0 Å². The summed E-state index contributed by atoms with van der Waals surface area (Å²) >= 11 is 0. The van der Waals surface area contributed by atoms with Crippen LogP contribution in [0.15, 0.2) is 36.5 Å². The number of hydrogen-bond donors (Lipinski definition) is 2. The van der Waals surface area contributed by atoms with Crippen LogP contribution in [-0.4, -0.2) is 34.6 Å². The summed E-state index contributed by atoms with van der Waals surface area (Å²) in [6, 6.07) is 8.82. The van der Waals surface area contributed by atoms with Crippen LogP contribution in [0, 0.1) is 0 Å². The molecule has 122 valence electrons. The van der Waals surface area contributed by atoms with Crippen molar-refractivity contribution < 1.29 is 14.3 Å². The highest BCUT2D eigenvalue weighted by Crippen LogP contribution is 2.16. The quantitative estimate of drug-likeness (QED) is 0.579. The fraction of sp³-hybridized carbons (Fsp3) is 0.353. The van der Waals surface area contributed by atoms with Gasteiger partial charge in [-0.25, -0.2) is 0 Å². The first-order chi connectivity index (χ1) is 11.1. The molecule has 0 aliphatic heterocycles. The molecular formula is C17H21N3O3. The van der Waals surface area contributed by atoms with E-state index in [0.717, 1.165) is 0 Å². The van der Waals surface area contributed by atoms with Crippen molar-refractivity contribution >= 4 is 17.4 Å².